The van der Waals surface area contributed by atoms with Crippen LogP contribution in [0.1, 0.15) is 10.4 Å². The van der Waals surface area contributed by atoms with Crippen LogP contribution in [0.5, 0.6) is 11.5 Å². The first-order valence-corrected chi connectivity index (χ1v) is 8.37. The maximum Gasteiger partial charge on any atom is 0.287 e. The molecule has 0 fully saturated rings. The van der Waals surface area contributed by atoms with Crippen LogP contribution < -0.4 is 14.0 Å². The van der Waals surface area contributed by atoms with Crippen molar-refractivity contribution in [1.29, 1.82) is 0 Å². The summed E-state index contributed by atoms with van der Waals surface area (Å²) in [4.78, 5) is 27.1. The summed E-state index contributed by atoms with van der Waals surface area (Å²) in [5, 5.41) is 10.9. The van der Waals surface area contributed by atoms with Crippen LogP contribution in [-0.4, -0.2) is 29.9 Å². The van der Waals surface area contributed by atoms with Crippen LogP contribution in [0.4, 0.5) is 5.69 Å². The Morgan fingerprint density at radius 2 is 1.96 bits per heavy atom. The van der Waals surface area contributed by atoms with Crippen LogP contribution >= 0.6 is 0 Å². The van der Waals surface area contributed by atoms with Crippen LogP contribution in [0.15, 0.2) is 61.1 Å². The molecule has 0 amide bonds. The van der Waals surface area contributed by atoms with E-state index in [4.69, 9.17) is 9.47 Å². The number of rotatable bonds is 7. The number of ketones is 1. The van der Waals surface area contributed by atoms with Crippen molar-refractivity contribution in [3.8, 4) is 22.8 Å². The van der Waals surface area contributed by atoms with Crippen LogP contribution in [0.2, 0.25) is 0 Å². The van der Waals surface area contributed by atoms with Gasteiger partial charge in [0.2, 0.25) is 5.78 Å². The Balaban J connectivity index is 1.79. The van der Waals surface area contributed by atoms with Gasteiger partial charge in [0.05, 0.1) is 30.9 Å². The van der Waals surface area contributed by atoms with Gasteiger partial charge in [0.15, 0.2) is 12.2 Å². The fourth-order valence-corrected chi connectivity index (χ4v) is 2.70. The molecule has 3 rings (SSSR count). The van der Waals surface area contributed by atoms with Gasteiger partial charge in [-0.05, 0) is 17.1 Å². The summed E-state index contributed by atoms with van der Waals surface area (Å²) in [6.45, 7) is 0.0220. The molecule has 2 aromatic carbocycles. The number of nitro groups is 1. The normalized spacial score (nSPS) is 10.4. The zero-order valence-corrected chi connectivity index (χ0v) is 15.4. The van der Waals surface area contributed by atoms with Gasteiger partial charge in [0, 0.05) is 29.8 Å². The zero-order valence-electron chi connectivity index (χ0n) is 15.4. The SMILES string of the molecule is COc1ccc(-c2cc[n+](CC(=O)c3cccc([N+](=O)[O-])c3)cn2)c(OC)c1. The molecule has 1 aromatic heterocycles. The summed E-state index contributed by atoms with van der Waals surface area (Å²) in [6.07, 6.45) is 3.26. The fourth-order valence-electron chi connectivity index (χ4n) is 2.70. The van der Waals surface area contributed by atoms with Crippen molar-refractivity contribution in [3.63, 3.8) is 0 Å². The summed E-state index contributed by atoms with van der Waals surface area (Å²) in [5.74, 6) is 1.05. The van der Waals surface area contributed by atoms with E-state index in [1.54, 1.807) is 43.2 Å². The lowest BCUT2D eigenvalue weighted by atomic mass is 10.1. The number of nitro benzene ring substituents is 1. The molecule has 0 bridgehead atoms. The van der Waals surface area contributed by atoms with Crippen LogP contribution in [-0.2, 0) is 6.54 Å². The van der Waals surface area contributed by atoms with Gasteiger partial charge in [-0.2, -0.15) is 0 Å². The van der Waals surface area contributed by atoms with Gasteiger partial charge in [-0.3, -0.25) is 14.9 Å². The third kappa shape index (κ3) is 4.12. The molecule has 3 aromatic rings. The number of carbonyl (C=O) groups is 1. The number of aromatic nitrogens is 2. The summed E-state index contributed by atoms with van der Waals surface area (Å²) in [7, 11) is 3.15. The summed E-state index contributed by atoms with van der Waals surface area (Å²) in [5.41, 5.74) is 1.64. The Hall–Kier alpha value is -3.81. The molecule has 142 valence electrons. The van der Waals surface area contributed by atoms with Crippen molar-refractivity contribution >= 4 is 11.5 Å². The van der Waals surface area contributed by atoms with E-state index >= 15 is 0 Å². The average molecular weight is 380 g/mol. The molecule has 0 unspecified atom stereocenters. The number of hydrogen-bond acceptors (Lipinski definition) is 6. The minimum atomic E-state index is -0.525. The zero-order chi connectivity index (χ0) is 20.1. The number of methoxy groups -OCH3 is 2. The van der Waals surface area contributed by atoms with Crippen molar-refractivity contribution in [2.45, 2.75) is 6.54 Å². The molecule has 0 aliphatic heterocycles. The Labute approximate surface area is 161 Å². The highest BCUT2D eigenvalue weighted by atomic mass is 16.6. The lowest BCUT2D eigenvalue weighted by Crippen LogP contribution is -2.37. The van der Waals surface area contributed by atoms with Gasteiger partial charge in [-0.1, -0.05) is 12.1 Å². The van der Waals surface area contributed by atoms with E-state index in [1.807, 2.05) is 12.1 Å². The third-order valence-electron chi connectivity index (χ3n) is 4.16. The number of Topliss-reactive ketones (excluding diaryl/α,β-unsaturated/α-hetero) is 1. The Kier molecular flexibility index (Phi) is 5.59. The maximum atomic E-state index is 12.4. The van der Waals surface area contributed by atoms with E-state index in [2.05, 4.69) is 4.98 Å². The van der Waals surface area contributed by atoms with E-state index in [0.29, 0.717) is 17.2 Å². The van der Waals surface area contributed by atoms with Crippen molar-refractivity contribution in [1.82, 2.24) is 4.98 Å². The molecule has 0 radical (unpaired) electrons. The molecule has 0 aliphatic rings. The summed E-state index contributed by atoms with van der Waals surface area (Å²) < 4.78 is 12.2. The molecule has 8 nitrogen and oxygen atoms in total. The number of benzene rings is 2. The number of carbonyl (C=O) groups excluding carboxylic acids is 1. The number of ether oxygens (including phenoxy) is 2. The molecule has 1 heterocycles. The highest BCUT2D eigenvalue weighted by molar-refractivity contribution is 5.95. The van der Waals surface area contributed by atoms with Gasteiger partial charge in [0.25, 0.3) is 12.0 Å². The summed E-state index contributed by atoms with van der Waals surface area (Å²) >= 11 is 0. The van der Waals surface area contributed by atoms with Crippen molar-refractivity contribution in [2.24, 2.45) is 0 Å². The van der Waals surface area contributed by atoms with Crippen LogP contribution in [0.3, 0.4) is 0 Å². The lowest BCUT2D eigenvalue weighted by molar-refractivity contribution is -0.686. The Morgan fingerprint density at radius 3 is 2.61 bits per heavy atom. The first-order valence-electron chi connectivity index (χ1n) is 8.37. The summed E-state index contributed by atoms with van der Waals surface area (Å²) in [6, 6.07) is 12.9. The molecule has 8 heteroatoms. The second-order valence-corrected chi connectivity index (χ2v) is 5.91. The minimum Gasteiger partial charge on any atom is -0.497 e. The quantitative estimate of drug-likeness (QED) is 0.271. The van der Waals surface area contributed by atoms with Gasteiger partial charge < -0.3 is 9.47 Å². The molecular formula is C20H18N3O5+. The molecule has 0 saturated heterocycles. The second kappa shape index (κ2) is 8.26. The number of non-ortho nitro benzene ring substituents is 1. The predicted octanol–water partition coefficient (Wildman–Crippen LogP) is 2.84. The van der Waals surface area contributed by atoms with Crippen molar-refractivity contribution < 1.29 is 23.8 Å². The lowest BCUT2D eigenvalue weighted by Gasteiger charge is -2.08. The predicted molar refractivity (Wildman–Crippen MR) is 100 cm³/mol. The van der Waals surface area contributed by atoms with E-state index in [0.717, 1.165) is 5.56 Å². The van der Waals surface area contributed by atoms with E-state index in [-0.39, 0.29) is 23.6 Å². The van der Waals surface area contributed by atoms with E-state index in [1.165, 1.54) is 24.5 Å². The molecule has 0 aliphatic carbocycles. The second-order valence-electron chi connectivity index (χ2n) is 5.91. The first-order chi connectivity index (χ1) is 13.5. The van der Waals surface area contributed by atoms with Gasteiger partial charge in [-0.15, -0.1) is 0 Å². The van der Waals surface area contributed by atoms with Crippen molar-refractivity contribution in [3.05, 3.63) is 76.7 Å². The Bertz CT molecular complexity index is 1020. The minimum absolute atomic E-state index is 0.0220. The van der Waals surface area contributed by atoms with E-state index < -0.39 is 4.92 Å². The molecule has 0 atom stereocenters. The fraction of sp³-hybridized carbons (Fsp3) is 0.150. The third-order valence-corrected chi connectivity index (χ3v) is 4.16. The number of hydrogen-bond donors (Lipinski definition) is 0. The van der Waals surface area contributed by atoms with E-state index in [9.17, 15) is 14.9 Å². The topological polar surface area (TPSA) is 95.4 Å². The Morgan fingerprint density at radius 1 is 1.14 bits per heavy atom. The van der Waals surface area contributed by atoms with Gasteiger partial charge in [-0.25, -0.2) is 4.57 Å². The maximum absolute atomic E-state index is 12.4. The largest absolute Gasteiger partial charge is 0.497 e. The molecular weight excluding hydrogens is 362 g/mol. The van der Waals surface area contributed by atoms with Gasteiger partial charge >= 0.3 is 0 Å². The monoisotopic (exact) mass is 380 g/mol. The van der Waals surface area contributed by atoms with Crippen LogP contribution in [0, 0.1) is 10.1 Å². The van der Waals surface area contributed by atoms with Gasteiger partial charge in [0.1, 0.15) is 11.5 Å². The molecule has 0 spiro atoms. The van der Waals surface area contributed by atoms with Crippen LogP contribution in [0.25, 0.3) is 11.3 Å². The average Bonchev–Trinajstić information content (AvgIpc) is 2.73. The molecule has 0 N–H and O–H groups in total. The molecule has 0 saturated carbocycles. The standard InChI is InChI=1S/C20H18N3O5/c1-27-16-6-7-17(20(11-16)28-2)18-8-9-22(13-21-18)12-19(24)14-4-3-5-15(10-14)23(25)26/h3-11,13H,12H2,1-2H3/q+1. The first kappa shape index (κ1) is 19.0. The highest BCUT2D eigenvalue weighted by Gasteiger charge is 2.16. The number of nitrogens with zero attached hydrogens (tertiary/aromatic N) is 3. The van der Waals surface area contributed by atoms with Crippen molar-refractivity contribution in [2.75, 3.05) is 14.2 Å². The highest BCUT2D eigenvalue weighted by Crippen LogP contribution is 2.31. The smallest absolute Gasteiger partial charge is 0.287 e. The molecule has 28 heavy (non-hydrogen) atoms.